The number of methoxy groups -OCH3 is 1. The molecule has 0 atom stereocenters. The molecule has 1 aromatic carbocycles. The molecule has 1 amide bonds. The van der Waals surface area contributed by atoms with E-state index in [2.05, 4.69) is 29.0 Å². The molecule has 0 unspecified atom stereocenters. The van der Waals surface area contributed by atoms with E-state index < -0.39 is 0 Å². The first-order valence-corrected chi connectivity index (χ1v) is 8.35. The van der Waals surface area contributed by atoms with Gasteiger partial charge in [-0.05, 0) is 37.1 Å². The minimum atomic E-state index is -0.170. The van der Waals surface area contributed by atoms with Gasteiger partial charge < -0.3 is 15.0 Å². The average Bonchev–Trinajstić information content (AvgIpc) is 2.62. The number of nitrogens with one attached hydrogen (secondary N) is 1. The second-order valence-electron chi connectivity index (χ2n) is 5.54. The Labute approximate surface area is 143 Å². The van der Waals surface area contributed by atoms with Gasteiger partial charge in [0.15, 0.2) is 0 Å². The van der Waals surface area contributed by atoms with Gasteiger partial charge in [0.25, 0.3) is 5.91 Å². The zero-order valence-corrected chi connectivity index (χ0v) is 14.6. The number of rotatable bonds is 8. The van der Waals surface area contributed by atoms with E-state index in [1.807, 2.05) is 30.3 Å². The topological polar surface area (TPSA) is 54.5 Å². The zero-order valence-electron chi connectivity index (χ0n) is 14.6. The third-order valence-electron chi connectivity index (χ3n) is 3.67. The van der Waals surface area contributed by atoms with E-state index in [-0.39, 0.29) is 5.91 Å². The van der Waals surface area contributed by atoms with Crippen molar-refractivity contribution in [3.8, 4) is 5.75 Å². The van der Waals surface area contributed by atoms with Gasteiger partial charge in [-0.25, -0.2) is 4.98 Å². The van der Waals surface area contributed by atoms with E-state index in [1.165, 1.54) is 0 Å². The Morgan fingerprint density at radius 3 is 2.54 bits per heavy atom. The highest BCUT2D eigenvalue weighted by Gasteiger charge is 2.12. The molecule has 0 aliphatic carbocycles. The van der Waals surface area contributed by atoms with Crippen LogP contribution in [0, 0.1) is 0 Å². The second kappa shape index (κ2) is 8.91. The summed E-state index contributed by atoms with van der Waals surface area (Å²) >= 11 is 0. The first-order valence-electron chi connectivity index (χ1n) is 8.35. The van der Waals surface area contributed by atoms with Crippen LogP contribution in [0.4, 0.5) is 11.5 Å². The largest absolute Gasteiger partial charge is 0.495 e. The Morgan fingerprint density at radius 2 is 1.88 bits per heavy atom. The van der Waals surface area contributed by atoms with Crippen LogP contribution in [-0.2, 0) is 0 Å². The lowest BCUT2D eigenvalue weighted by atomic mass is 10.2. The Hall–Kier alpha value is -2.56. The zero-order chi connectivity index (χ0) is 17.4. The highest BCUT2D eigenvalue weighted by atomic mass is 16.5. The Balaban J connectivity index is 2.19. The molecule has 0 saturated carbocycles. The molecule has 2 aromatic rings. The normalized spacial score (nSPS) is 10.3. The van der Waals surface area contributed by atoms with Crippen LogP contribution in [0.1, 0.15) is 37.0 Å². The van der Waals surface area contributed by atoms with Gasteiger partial charge >= 0.3 is 0 Å². The van der Waals surface area contributed by atoms with Crippen molar-refractivity contribution in [1.29, 1.82) is 0 Å². The predicted octanol–water partition coefficient (Wildman–Crippen LogP) is 3.97. The van der Waals surface area contributed by atoms with Crippen LogP contribution < -0.4 is 15.0 Å². The van der Waals surface area contributed by atoms with E-state index in [0.717, 1.165) is 31.7 Å². The molecule has 1 aromatic heterocycles. The summed E-state index contributed by atoms with van der Waals surface area (Å²) in [6.07, 6.45) is 3.77. The molecule has 5 heteroatoms. The second-order valence-corrected chi connectivity index (χ2v) is 5.54. The summed E-state index contributed by atoms with van der Waals surface area (Å²) in [6, 6.07) is 10.9. The fourth-order valence-electron chi connectivity index (χ4n) is 2.56. The number of ether oxygens (including phenoxy) is 1. The molecular weight excluding hydrogens is 302 g/mol. The van der Waals surface area contributed by atoms with Crippen LogP contribution in [0.5, 0.6) is 5.75 Å². The lowest BCUT2D eigenvalue weighted by molar-refractivity contribution is 0.102. The standard InChI is InChI=1S/C19H25N3O2/c1-4-12-22(13-5-2)18-14-15(10-11-20-18)19(23)21-16-8-6-7-9-17(16)24-3/h6-11,14H,4-5,12-13H2,1-3H3,(H,21,23). The van der Waals surface area contributed by atoms with Crippen molar-refractivity contribution in [2.75, 3.05) is 30.4 Å². The van der Waals surface area contributed by atoms with Gasteiger partial charge in [-0.15, -0.1) is 0 Å². The number of carbonyl (C=O) groups is 1. The first kappa shape index (κ1) is 17.8. The minimum Gasteiger partial charge on any atom is -0.495 e. The lowest BCUT2D eigenvalue weighted by Gasteiger charge is -2.22. The van der Waals surface area contributed by atoms with Gasteiger partial charge in [-0.3, -0.25) is 4.79 Å². The fourth-order valence-corrected chi connectivity index (χ4v) is 2.56. The number of para-hydroxylation sites is 2. The number of hydrogen-bond donors (Lipinski definition) is 1. The third-order valence-corrected chi connectivity index (χ3v) is 3.67. The summed E-state index contributed by atoms with van der Waals surface area (Å²) in [4.78, 5) is 19.2. The smallest absolute Gasteiger partial charge is 0.255 e. The van der Waals surface area contributed by atoms with Gasteiger partial charge in [0.1, 0.15) is 11.6 Å². The van der Waals surface area contributed by atoms with Crippen molar-refractivity contribution in [3.05, 3.63) is 48.2 Å². The monoisotopic (exact) mass is 327 g/mol. The number of nitrogens with zero attached hydrogens (tertiary/aromatic N) is 2. The summed E-state index contributed by atoms with van der Waals surface area (Å²) in [5.41, 5.74) is 1.24. The average molecular weight is 327 g/mol. The van der Waals surface area contributed by atoms with Crippen LogP contribution in [0.15, 0.2) is 42.6 Å². The number of benzene rings is 1. The van der Waals surface area contributed by atoms with E-state index in [1.54, 1.807) is 19.4 Å². The van der Waals surface area contributed by atoms with Crippen LogP contribution in [0.25, 0.3) is 0 Å². The molecule has 0 fully saturated rings. The van der Waals surface area contributed by atoms with Crippen molar-refractivity contribution < 1.29 is 9.53 Å². The maximum Gasteiger partial charge on any atom is 0.255 e. The van der Waals surface area contributed by atoms with Gasteiger partial charge in [0.05, 0.1) is 12.8 Å². The maximum absolute atomic E-state index is 12.6. The van der Waals surface area contributed by atoms with Crippen LogP contribution in [0.3, 0.4) is 0 Å². The number of aromatic nitrogens is 1. The minimum absolute atomic E-state index is 0.170. The third kappa shape index (κ3) is 4.47. The molecule has 2 rings (SSSR count). The molecule has 0 radical (unpaired) electrons. The van der Waals surface area contributed by atoms with Crippen molar-refractivity contribution in [1.82, 2.24) is 4.98 Å². The van der Waals surface area contributed by atoms with Crippen LogP contribution in [-0.4, -0.2) is 31.1 Å². The summed E-state index contributed by atoms with van der Waals surface area (Å²) in [5.74, 6) is 1.31. The van der Waals surface area contributed by atoms with Gasteiger partial charge in [0, 0.05) is 24.8 Å². The van der Waals surface area contributed by atoms with Crippen molar-refractivity contribution >= 4 is 17.4 Å². The van der Waals surface area contributed by atoms with Crippen molar-refractivity contribution in [2.24, 2.45) is 0 Å². The molecule has 0 spiro atoms. The van der Waals surface area contributed by atoms with E-state index in [0.29, 0.717) is 17.0 Å². The molecular formula is C19H25N3O2. The van der Waals surface area contributed by atoms with Crippen LogP contribution >= 0.6 is 0 Å². The molecule has 128 valence electrons. The SMILES string of the molecule is CCCN(CCC)c1cc(C(=O)Nc2ccccc2OC)ccn1. The summed E-state index contributed by atoms with van der Waals surface area (Å²) in [5, 5.41) is 2.90. The molecule has 0 aliphatic heterocycles. The van der Waals surface area contributed by atoms with Crippen LogP contribution in [0.2, 0.25) is 0 Å². The van der Waals surface area contributed by atoms with Crippen molar-refractivity contribution in [2.45, 2.75) is 26.7 Å². The summed E-state index contributed by atoms with van der Waals surface area (Å²) in [7, 11) is 1.59. The highest BCUT2D eigenvalue weighted by Crippen LogP contribution is 2.24. The van der Waals surface area contributed by atoms with Gasteiger partial charge in [-0.2, -0.15) is 0 Å². The predicted molar refractivity (Wildman–Crippen MR) is 98.0 cm³/mol. The molecule has 1 heterocycles. The maximum atomic E-state index is 12.6. The summed E-state index contributed by atoms with van der Waals surface area (Å²) in [6.45, 7) is 6.14. The highest BCUT2D eigenvalue weighted by molar-refractivity contribution is 6.05. The molecule has 0 aliphatic rings. The van der Waals surface area contributed by atoms with Crippen molar-refractivity contribution in [3.63, 3.8) is 0 Å². The van der Waals surface area contributed by atoms with Gasteiger partial charge in [-0.1, -0.05) is 26.0 Å². The Bertz CT molecular complexity index is 667. The van der Waals surface area contributed by atoms with E-state index in [9.17, 15) is 4.79 Å². The molecule has 24 heavy (non-hydrogen) atoms. The molecule has 5 nitrogen and oxygen atoms in total. The number of pyridine rings is 1. The first-order chi connectivity index (χ1) is 11.7. The van der Waals surface area contributed by atoms with E-state index >= 15 is 0 Å². The molecule has 0 saturated heterocycles. The number of anilines is 2. The summed E-state index contributed by atoms with van der Waals surface area (Å²) < 4.78 is 5.27. The number of amides is 1. The number of hydrogen-bond acceptors (Lipinski definition) is 4. The van der Waals surface area contributed by atoms with E-state index in [4.69, 9.17) is 4.74 Å². The Kier molecular flexibility index (Phi) is 6.61. The quantitative estimate of drug-likeness (QED) is 0.797. The number of carbonyl (C=O) groups excluding carboxylic acids is 1. The fraction of sp³-hybridized carbons (Fsp3) is 0.368. The molecule has 0 bridgehead atoms. The lowest BCUT2D eigenvalue weighted by Crippen LogP contribution is -2.26. The van der Waals surface area contributed by atoms with Gasteiger partial charge in [0.2, 0.25) is 0 Å². The Morgan fingerprint density at radius 1 is 1.17 bits per heavy atom. The molecule has 1 N–H and O–H groups in total.